The number of fused-ring (bicyclic) bond motifs is 6. The van der Waals surface area contributed by atoms with Crippen LogP contribution in [-0.2, 0) is 5.41 Å². The van der Waals surface area contributed by atoms with E-state index in [1.807, 2.05) is 0 Å². The van der Waals surface area contributed by atoms with Crippen molar-refractivity contribution in [2.24, 2.45) is 17.3 Å². The van der Waals surface area contributed by atoms with Crippen LogP contribution < -0.4 is 4.90 Å². The maximum absolute atomic E-state index is 2.57. The summed E-state index contributed by atoms with van der Waals surface area (Å²) in [5.41, 5.74) is 17.9. The topological polar surface area (TPSA) is 3.24 Å². The molecule has 0 amide bonds. The fraction of sp³-hybridized carbons (Fsp3) is 0.160. The zero-order valence-electron chi connectivity index (χ0n) is 28.7. The van der Waals surface area contributed by atoms with Gasteiger partial charge in [0, 0.05) is 22.5 Å². The largest absolute Gasteiger partial charge is 0.311 e. The molecule has 2 spiro atoms. The molecule has 0 radical (unpaired) electrons. The lowest BCUT2D eigenvalue weighted by molar-refractivity contribution is 0.114. The number of benzene rings is 7. The molecule has 244 valence electrons. The highest BCUT2D eigenvalue weighted by atomic mass is 15.1. The Morgan fingerprint density at radius 3 is 1.41 bits per heavy atom. The van der Waals surface area contributed by atoms with Crippen molar-refractivity contribution in [3.63, 3.8) is 0 Å². The molecule has 51 heavy (non-hydrogen) atoms. The number of hydrogen-bond donors (Lipinski definition) is 0. The zero-order chi connectivity index (χ0) is 33.6. The molecule has 7 aromatic carbocycles. The molecule has 11 rings (SSSR count). The third kappa shape index (κ3) is 4.28. The average Bonchev–Trinajstić information content (AvgIpc) is 3.83. The minimum atomic E-state index is 0.206. The first-order valence-corrected chi connectivity index (χ1v) is 18.7. The van der Waals surface area contributed by atoms with Crippen molar-refractivity contribution in [2.75, 3.05) is 4.90 Å². The van der Waals surface area contributed by atoms with E-state index < -0.39 is 0 Å². The average molecular weight is 654 g/mol. The first kappa shape index (κ1) is 29.1. The van der Waals surface area contributed by atoms with Crippen LogP contribution in [0.5, 0.6) is 0 Å². The van der Waals surface area contributed by atoms with Crippen LogP contribution in [0.15, 0.2) is 176 Å². The lowest BCUT2D eigenvalue weighted by atomic mass is 9.57. The lowest BCUT2D eigenvalue weighted by Gasteiger charge is -2.46. The van der Waals surface area contributed by atoms with Crippen LogP contribution in [0.2, 0.25) is 0 Å². The van der Waals surface area contributed by atoms with Gasteiger partial charge < -0.3 is 4.90 Å². The number of anilines is 3. The molecule has 3 fully saturated rings. The normalized spacial score (nSPS) is 23.1. The van der Waals surface area contributed by atoms with Gasteiger partial charge in [-0.1, -0.05) is 133 Å². The Morgan fingerprint density at radius 2 is 0.882 bits per heavy atom. The summed E-state index contributed by atoms with van der Waals surface area (Å²) in [5.74, 6) is 1.73. The van der Waals surface area contributed by atoms with E-state index in [4.69, 9.17) is 0 Å². The lowest BCUT2D eigenvalue weighted by Crippen LogP contribution is -2.41. The molecule has 0 bridgehead atoms. The Hall–Kier alpha value is -5.66. The first-order chi connectivity index (χ1) is 25.2. The predicted molar refractivity (Wildman–Crippen MR) is 212 cm³/mol. The third-order valence-electron chi connectivity index (χ3n) is 13.2. The van der Waals surface area contributed by atoms with Gasteiger partial charge in [0.25, 0.3) is 0 Å². The molecule has 1 heteroatoms. The van der Waals surface area contributed by atoms with E-state index >= 15 is 0 Å². The quantitative estimate of drug-likeness (QED) is 0.173. The maximum atomic E-state index is 2.57. The van der Waals surface area contributed by atoms with Crippen LogP contribution in [0.1, 0.15) is 36.8 Å². The molecular formula is C50H39N. The Morgan fingerprint density at radius 1 is 0.412 bits per heavy atom. The SMILES string of the molecule is c1ccc(-c2ccc(N(c3ccc(-c4ccccc4)cc3)c3ccc(-c4ccc5c(c4)C4(CC6CC67CCC47)c4ccccc4-5)cc3)cc2)cc1. The van der Waals surface area contributed by atoms with Crippen LogP contribution >= 0.6 is 0 Å². The Bertz CT molecular complexity index is 2320. The molecule has 7 aromatic rings. The van der Waals surface area contributed by atoms with Gasteiger partial charge in [-0.3, -0.25) is 0 Å². The van der Waals surface area contributed by atoms with Gasteiger partial charge in [0.15, 0.2) is 0 Å². The van der Waals surface area contributed by atoms with Crippen LogP contribution in [0, 0.1) is 17.3 Å². The van der Waals surface area contributed by atoms with Crippen molar-refractivity contribution < 1.29 is 0 Å². The molecule has 3 saturated carbocycles. The van der Waals surface area contributed by atoms with Crippen molar-refractivity contribution in [2.45, 2.75) is 31.1 Å². The van der Waals surface area contributed by atoms with E-state index in [1.54, 1.807) is 11.1 Å². The van der Waals surface area contributed by atoms with Gasteiger partial charge in [-0.15, -0.1) is 0 Å². The van der Waals surface area contributed by atoms with Gasteiger partial charge in [-0.25, -0.2) is 0 Å². The van der Waals surface area contributed by atoms with E-state index in [-0.39, 0.29) is 5.41 Å². The molecule has 0 aliphatic heterocycles. The highest BCUT2D eigenvalue weighted by Crippen LogP contribution is 2.83. The van der Waals surface area contributed by atoms with Crippen molar-refractivity contribution in [3.8, 4) is 44.5 Å². The second-order valence-corrected chi connectivity index (χ2v) is 15.4. The Balaban J connectivity index is 0.967. The van der Waals surface area contributed by atoms with E-state index in [1.165, 1.54) is 70.2 Å². The summed E-state index contributed by atoms with van der Waals surface area (Å²) in [7, 11) is 0. The minimum Gasteiger partial charge on any atom is -0.311 e. The monoisotopic (exact) mass is 653 g/mol. The number of nitrogens with zero attached hydrogens (tertiary/aromatic N) is 1. The molecule has 4 unspecified atom stereocenters. The van der Waals surface area contributed by atoms with Crippen LogP contribution in [0.25, 0.3) is 44.5 Å². The summed E-state index contributed by atoms with van der Waals surface area (Å²) in [5, 5.41) is 0. The highest BCUT2D eigenvalue weighted by molar-refractivity contribution is 5.86. The number of hydrogen-bond acceptors (Lipinski definition) is 1. The minimum absolute atomic E-state index is 0.206. The van der Waals surface area contributed by atoms with E-state index in [2.05, 4.69) is 181 Å². The Kier molecular flexibility index (Phi) is 6.23. The molecular weight excluding hydrogens is 615 g/mol. The first-order valence-electron chi connectivity index (χ1n) is 18.7. The summed E-state index contributed by atoms with van der Waals surface area (Å²) in [4.78, 5) is 2.38. The third-order valence-corrected chi connectivity index (χ3v) is 13.2. The highest BCUT2D eigenvalue weighted by Gasteiger charge is 2.76. The molecule has 4 atom stereocenters. The van der Waals surface area contributed by atoms with Crippen molar-refractivity contribution in [1.82, 2.24) is 0 Å². The molecule has 0 heterocycles. The van der Waals surface area contributed by atoms with Gasteiger partial charge >= 0.3 is 0 Å². The second-order valence-electron chi connectivity index (χ2n) is 15.4. The number of rotatable bonds is 6. The van der Waals surface area contributed by atoms with Crippen molar-refractivity contribution in [3.05, 3.63) is 187 Å². The maximum Gasteiger partial charge on any atom is 0.0462 e. The predicted octanol–water partition coefficient (Wildman–Crippen LogP) is 13.2. The molecule has 0 saturated heterocycles. The standard InChI is InChI=1S/C50H39N/c1-3-9-34(10-4-1)36-15-22-41(23-16-36)51(42-24-17-37(18-25-42)35-11-5-2-6-12-35)43-26-19-38(20-27-43)39-21-28-45-44-13-7-8-14-46(44)50(47(45)31-39)33-40-32-49(40)30-29-48(49)50/h1-28,31,40,48H,29-30,32-33H2. The smallest absolute Gasteiger partial charge is 0.0462 e. The zero-order valence-corrected chi connectivity index (χ0v) is 28.7. The van der Waals surface area contributed by atoms with Crippen LogP contribution in [-0.4, -0.2) is 0 Å². The van der Waals surface area contributed by atoms with E-state index in [0.29, 0.717) is 5.41 Å². The summed E-state index contributed by atoms with van der Waals surface area (Å²) in [6.45, 7) is 0. The molecule has 4 aliphatic carbocycles. The summed E-state index contributed by atoms with van der Waals surface area (Å²) < 4.78 is 0. The van der Waals surface area contributed by atoms with Crippen LogP contribution in [0.3, 0.4) is 0 Å². The van der Waals surface area contributed by atoms with Gasteiger partial charge in [0.1, 0.15) is 0 Å². The molecule has 0 N–H and O–H groups in total. The summed E-state index contributed by atoms with van der Waals surface area (Å²) in [6.07, 6.45) is 5.64. The van der Waals surface area contributed by atoms with Gasteiger partial charge in [0.2, 0.25) is 0 Å². The van der Waals surface area contributed by atoms with E-state index in [0.717, 1.165) is 28.9 Å². The second kappa shape index (κ2) is 10.9. The van der Waals surface area contributed by atoms with Crippen molar-refractivity contribution in [1.29, 1.82) is 0 Å². The fourth-order valence-corrected chi connectivity index (χ4v) is 10.6. The molecule has 4 aliphatic rings. The van der Waals surface area contributed by atoms with Gasteiger partial charge in [-0.2, -0.15) is 0 Å². The summed E-state index contributed by atoms with van der Waals surface area (Å²) >= 11 is 0. The van der Waals surface area contributed by atoms with E-state index in [9.17, 15) is 0 Å². The Labute approximate surface area is 300 Å². The van der Waals surface area contributed by atoms with Crippen LogP contribution in [0.4, 0.5) is 17.1 Å². The summed E-state index contributed by atoms with van der Waals surface area (Å²) in [6, 6.07) is 65.1. The fourth-order valence-electron chi connectivity index (χ4n) is 10.6. The molecule has 0 aromatic heterocycles. The van der Waals surface area contributed by atoms with Gasteiger partial charge in [-0.05, 0) is 141 Å². The van der Waals surface area contributed by atoms with Gasteiger partial charge in [0.05, 0.1) is 0 Å². The molecule has 1 nitrogen and oxygen atoms in total. The van der Waals surface area contributed by atoms with Crippen molar-refractivity contribution >= 4 is 17.1 Å².